The summed E-state index contributed by atoms with van der Waals surface area (Å²) < 4.78 is 51.1. The van der Waals surface area contributed by atoms with E-state index in [0.717, 1.165) is 6.33 Å². The Hall–Kier alpha value is -5.34. The normalized spacial score (nSPS) is 23.7. The molecule has 21 nitrogen and oxygen atoms in total. The van der Waals surface area contributed by atoms with Gasteiger partial charge in [-0.15, -0.1) is 11.8 Å². The summed E-state index contributed by atoms with van der Waals surface area (Å²) in [6.07, 6.45) is -5.08. The number of anilines is 2. The molecule has 0 aliphatic carbocycles. The van der Waals surface area contributed by atoms with Crippen LogP contribution in [0.15, 0.2) is 84.4 Å². The average molecular weight is 1040 g/mol. The molecule has 2 aliphatic rings. The maximum atomic E-state index is 17.0. The first-order valence-electron chi connectivity index (χ1n) is 22.1. The smallest absolute Gasteiger partial charge is 0.338 e. The molecule has 4 aromatic heterocycles. The van der Waals surface area contributed by atoms with Crippen LogP contribution in [0.5, 0.6) is 0 Å². The monoisotopic (exact) mass is 1040 g/mol. The van der Waals surface area contributed by atoms with E-state index in [-0.39, 0.29) is 44.7 Å². The third kappa shape index (κ3) is 10.6. The summed E-state index contributed by atoms with van der Waals surface area (Å²) in [5, 5.41) is 14.2. The molecule has 0 bridgehead atoms. The van der Waals surface area contributed by atoms with Gasteiger partial charge in [0.2, 0.25) is 11.9 Å². The van der Waals surface area contributed by atoms with Crippen LogP contribution in [-0.2, 0) is 39.5 Å². The van der Waals surface area contributed by atoms with Crippen LogP contribution >= 0.6 is 18.5 Å². The number of aliphatic hydroxyl groups excluding tert-OH is 1. The number of imidazole rings is 2. The number of ether oxygens (including phenoxy) is 2. The molecule has 0 spiro atoms. The lowest BCUT2D eigenvalue weighted by Crippen LogP contribution is -2.50. The van der Waals surface area contributed by atoms with Crippen molar-refractivity contribution in [3.63, 3.8) is 0 Å². The second kappa shape index (κ2) is 20.4. The number of carbonyl (C=O) groups excluding carboxylic acids is 3. The van der Waals surface area contributed by atoms with Gasteiger partial charge in [0.1, 0.15) is 23.9 Å². The van der Waals surface area contributed by atoms with Crippen molar-refractivity contribution in [3.8, 4) is 0 Å². The number of amides is 2. The number of thioether (sulfide) groups is 1. The Balaban J connectivity index is 1.10. The van der Waals surface area contributed by atoms with Crippen molar-refractivity contribution in [1.82, 2.24) is 39.0 Å². The minimum Gasteiger partial charge on any atom is -0.453 e. The number of esters is 1. The summed E-state index contributed by atoms with van der Waals surface area (Å²) >= 11 is 6.89. The van der Waals surface area contributed by atoms with Crippen LogP contribution in [0.3, 0.4) is 0 Å². The first-order chi connectivity index (χ1) is 33.2. The number of hydrogen-bond donors (Lipinski definition) is 5. The van der Waals surface area contributed by atoms with Gasteiger partial charge >= 0.3 is 12.7 Å². The molecular formula is C44H52FN10O11PS2Si. The van der Waals surface area contributed by atoms with Gasteiger partial charge in [-0.2, -0.15) is 4.98 Å². The maximum Gasteiger partial charge on any atom is 0.338 e. The fourth-order valence-electron chi connectivity index (χ4n) is 7.49. The molecule has 26 heteroatoms. The maximum absolute atomic E-state index is 17.0. The standard InChI is InChI=1S/C44H52FN10O11PS2Si/c1-23(2)37(57)52-43-51-36-30(39(59)53-43)49-22-55(36)41-33(32(27(18-56)69-41)66-70(6,7)44(3,4)5)65-67(61,68)62-19-26-31(64-42(60)25-16-12-9-13-17-25)28(45)40(63-26)54-21-48-29-34(46-20-47-35(29)54)50-38(58)24-14-10-8-11-15-24/h8-17,20-23,26-28,31-33,40-41,56H,18-19H2,1-7H3,(H,61,68)(H,46,47,50,58)(H2,51,52,53,57,59)/t26-,27?,28+,31-,32-,33-,40-,41-,67?/m1/s1. The van der Waals surface area contributed by atoms with Crippen LogP contribution in [0.25, 0.3) is 22.3 Å². The van der Waals surface area contributed by atoms with E-state index in [1.165, 1.54) is 45.7 Å². The molecule has 6 heterocycles. The largest absolute Gasteiger partial charge is 0.453 e. The first kappa shape index (κ1) is 51.0. The van der Waals surface area contributed by atoms with Gasteiger partial charge in [0, 0.05) is 11.5 Å². The lowest BCUT2D eigenvalue weighted by atomic mass is 10.1. The molecule has 2 saturated heterocycles. The second-order valence-electron chi connectivity index (χ2n) is 18.4. The summed E-state index contributed by atoms with van der Waals surface area (Å²) in [6.45, 7) is 7.96. The van der Waals surface area contributed by atoms with Gasteiger partial charge in [0.05, 0.1) is 42.8 Å². The van der Waals surface area contributed by atoms with E-state index in [0.29, 0.717) is 5.56 Å². The topological polar surface area (TPSA) is 269 Å². The molecule has 5 N–H and O–H groups in total. The summed E-state index contributed by atoms with van der Waals surface area (Å²) in [5.41, 5.74) is 0.0217. The number of nitrogens with one attached hydrogen (secondary N) is 3. The number of rotatable bonds is 16. The number of benzene rings is 2. The van der Waals surface area contributed by atoms with Crippen LogP contribution in [0.1, 0.15) is 66.9 Å². The Morgan fingerprint density at radius 1 is 0.943 bits per heavy atom. The van der Waals surface area contributed by atoms with Crippen LogP contribution in [-0.4, -0.2) is 124 Å². The van der Waals surface area contributed by atoms with Crippen molar-refractivity contribution in [2.24, 2.45) is 5.92 Å². The highest BCUT2D eigenvalue weighted by Gasteiger charge is 2.54. The fourth-order valence-corrected chi connectivity index (χ4v) is 11.9. The summed E-state index contributed by atoms with van der Waals surface area (Å²) in [6, 6.07) is 16.3. The molecule has 0 radical (unpaired) electrons. The third-order valence-electron chi connectivity index (χ3n) is 12.3. The number of aromatic nitrogens is 8. The van der Waals surface area contributed by atoms with Crippen molar-refractivity contribution >= 4 is 90.5 Å². The SMILES string of the molecule is CC(C)C(=O)Nc1nc2c(ncn2[C@@H]2SC(CO)[C@@H](O[Si](C)(C)C(C)(C)C)[C@H]2OP(O)(=S)OC[C@H]2O[C@@H](n3cnc4c(NC(=O)c5ccccc5)ncnc43)[C@@H](F)[C@@H]2OC(=O)c2ccccc2)c(=O)[nH]1. The zero-order chi connectivity index (χ0) is 50.3. The van der Waals surface area contributed by atoms with E-state index in [2.05, 4.69) is 40.5 Å². The zero-order valence-corrected chi connectivity index (χ0v) is 42.5. The van der Waals surface area contributed by atoms with Crippen molar-refractivity contribution in [2.75, 3.05) is 23.8 Å². The Morgan fingerprint density at radius 3 is 2.26 bits per heavy atom. The molecule has 0 saturated carbocycles. The number of aromatic amines is 1. The summed E-state index contributed by atoms with van der Waals surface area (Å²) in [4.78, 5) is 88.7. The Bertz CT molecular complexity index is 3000. The number of aliphatic hydroxyl groups is 1. The predicted octanol–water partition coefficient (Wildman–Crippen LogP) is 5.88. The Labute approximate surface area is 410 Å². The molecule has 6 aromatic rings. The number of H-pyrrole nitrogens is 1. The van der Waals surface area contributed by atoms with E-state index in [4.69, 9.17) is 34.8 Å². The van der Waals surface area contributed by atoms with Gasteiger partial charge in [-0.3, -0.25) is 38.3 Å². The number of halogens is 1. The third-order valence-corrected chi connectivity index (χ3v) is 19.8. The molecule has 2 aromatic carbocycles. The van der Waals surface area contributed by atoms with Crippen molar-refractivity contribution in [1.29, 1.82) is 0 Å². The molecule has 9 atom stereocenters. The lowest BCUT2D eigenvalue weighted by molar-refractivity contribution is -0.118. The van der Waals surface area contributed by atoms with E-state index in [1.54, 1.807) is 62.4 Å². The molecule has 2 amide bonds. The van der Waals surface area contributed by atoms with Crippen LogP contribution in [0.2, 0.25) is 18.1 Å². The minimum atomic E-state index is -4.45. The van der Waals surface area contributed by atoms with Crippen LogP contribution in [0, 0.1) is 5.92 Å². The predicted molar refractivity (Wildman–Crippen MR) is 263 cm³/mol. The minimum absolute atomic E-state index is 0.0448. The van der Waals surface area contributed by atoms with Gasteiger partial charge in [-0.05, 0) is 54.2 Å². The zero-order valence-electron chi connectivity index (χ0n) is 39.0. The van der Waals surface area contributed by atoms with Gasteiger partial charge in [-0.25, -0.2) is 29.1 Å². The Kier molecular flexibility index (Phi) is 14.9. The van der Waals surface area contributed by atoms with E-state index >= 15 is 4.39 Å². The van der Waals surface area contributed by atoms with Gasteiger partial charge in [0.15, 0.2) is 55.0 Å². The van der Waals surface area contributed by atoms with Crippen LogP contribution in [0.4, 0.5) is 16.2 Å². The summed E-state index contributed by atoms with van der Waals surface area (Å²) in [5.74, 6) is -2.25. The molecule has 2 unspecified atom stereocenters. The van der Waals surface area contributed by atoms with Gasteiger partial charge in [0.25, 0.3) is 11.5 Å². The summed E-state index contributed by atoms with van der Waals surface area (Å²) in [7, 11) is -2.68. The molecule has 2 aliphatic heterocycles. The fraction of sp³-hybridized carbons (Fsp3) is 0.432. The number of alkyl halides is 1. The van der Waals surface area contributed by atoms with Crippen LogP contribution < -0.4 is 16.2 Å². The first-order valence-corrected chi connectivity index (χ1v) is 28.6. The number of fused-ring (bicyclic) bond motifs is 2. The van der Waals surface area contributed by atoms with E-state index < -0.39 is 105 Å². The number of hydrogen-bond acceptors (Lipinski definition) is 17. The number of nitrogens with zero attached hydrogens (tertiary/aromatic N) is 7. The highest BCUT2D eigenvalue weighted by atomic mass is 32.5. The molecule has 372 valence electrons. The highest BCUT2D eigenvalue weighted by molar-refractivity contribution is 8.07. The second-order valence-corrected chi connectivity index (χ2v) is 27.3. The molecule has 2 fully saturated rings. The van der Waals surface area contributed by atoms with Crippen molar-refractivity contribution in [3.05, 3.63) is 101 Å². The molecular weight excluding hydrogens is 987 g/mol. The molecule has 8 rings (SSSR count). The van der Waals surface area contributed by atoms with E-state index in [1.807, 2.05) is 33.9 Å². The van der Waals surface area contributed by atoms with Gasteiger partial charge in [-0.1, -0.05) is 71.0 Å². The van der Waals surface area contributed by atoms with Crippen molar-refractivity contribution < 1.29 is 51.7 Å². The van der Waals surface area contributed by atoms with Crippen molar-refractivity contribution in [2.45, 2.75) is 100 Å². The average Bonchev–Trinajstić information content (AvgIpc) is 4.10. The number of carbonyl (C=O) groups is 3. The highest BCUT2D eigenvalue weighted by Crippen LogP contribution is 2.56. The Morgan fingerprint density at radius 2 is 1.60 bits per heavy atom. The van der Waals surface area contributed by atoms with Gasteiger partial charge < -0.3 is 33.7 Å². The molecule has 70 heavy (non-hydrogen) atoms. The van der Waals surface area contributed by atoms with E-state index in [9.17, 15) is 29.2 Å². The lowest BCUT2D eigenvalue weighted by Gasteiger charge is -2.41. The quantitative estimate of drug-likeness (QED) is 0.0430.